The van der Waals surface area contributed by atoms with Crippen molar-refractivity contribution in [3.63, 3.8) is 0 Å². The monoisotopic (exact) mass is 518 g/mol. The highest BCUT2D eigenvalue weighted by Crippen LogP contribution is 2.33. The Bertz CT molecular complexity index is 1420. The first kappa shape index (κ1) is 25.5. The van der Waals surface area contributed by atoms with E-state index in [4.69, 9.17) is 9.15 Å². The first-order valence-electron chi connectivity index (χ1n) is 11.0. The van der Waals surface area contributed by atoms with E-state index in [9.17, 15) is 18.0 Å². The van der Waals surface area contributed by atoms with Crippen LogP contribution in [0.4, 0.5) is 13.2 Å². The van der Waals surface area contributed by atoms with Crippen molar-refractivity contribution in [2.24, 2.45) is 12.0 Å². The van der Waals surface area contributed by atoms with Gasteiger partial charge in [-0.1, -0.05) is 20.8 Å². The maximum atomic E-state index is 13.4. The predicted octanol–water partition coefficient (Wildman–Crippen LogP) is 5.56. The fraction of sp³-hybridized carbons (Fsp3) is 0.320. The number of aromatic nitrogens is 3. The molecule has 0 fully saturated rings. The Labute approximate surface area is 209 Å². The number of rotatable bonds is 6. The molecule has 0 radical (unpaired) electrons. The number of thiazole rings is 1. The topological polar surface area (TPSA) is 74.6 Å². The van der Waals surface area contributed by atoms with Gasteiger partial charge in [-0.25, -0.2) is 4.98 Å². The van der Waals surface area contributed by atoms with Gasteiger partial charge in [-0.15, -0.1) is 11.3 Å². The quantitative estimate of drug-likeness (QED) is 0.335. The van der Waals surface area contributed by atoms with Crippen LogP contribution in [0.25, 0.3) is 0 Å². The summed E-state index contributed by atoms with van der Waals surface area (Å²) in [7, 11) is 1.79. The Hall–Kier alpha value is -3.60. The zero-order chi connectivity index (χ0) is 26.1. The number of furan rings is 1. The van der Waals surface area contributed by atoms with Gasteiger partial charge in [0.15, 0.2) is 4.80 Å². The second kappa shape index (κ2) is 9.81. The van der Waals surface area contributed by atoms with Crippen molar-refractivity contribution in [2.75, 3.05) is 0 Å². The van der Waals surface area contributed by atoms with Gasteiger partial charge in [-0.3, -0.25) is 4.79 Å². The smallest absolute Gasteiger partial charge is 0.416 e. The molecule has 0 unspecified atom stereocenters. The van der Waals surface area contributed by atoms with Crippen LogP contribution in [-0.4, -0.2) is 20.0 Å². The van der Waals surface area contributed by atoms with E-state index in [1.54, 1.807) is 47.1 Å². The van der Waals surface area contributed by atoms with Gasteiger partial charge >= 0.3 is 6.18 Å². The molecule has 1 amide bonds. The van der Waals surface area contributed by atoms with Crippen LogP contribution in [0.5, 0.6) is 5.75 Å². The van der Waals surface area contributed by atoms with E-state index < -0.39 is 17.6 Å². The van der Waals surface area contributed by atoms with E-state index in [0.29, 0.717) is 22.8 Å². The SMILES string of the molecule is Cn1cnc(COc2ccc(C(F)(F)F)cc2C(=O)/N=c2\sc(C(C)(C)C)cn2Cc2ccco2)c1. The molecule has 0 saturated heterocycles. The number of nitrogens with zero attached hydrogens (tertiary/aromatic N) is 4. The molecule has 1 aromatic carbocycles. The minimum Gasteiger partial charge on any atom is -0.486 e. The molecule has 36 heavy (non-hydrogen) atoms. The van der Waals surface area contributed by atoms with E-state index in [-0.39, 0.29) is 23.3 Å². The lowest BCUT2D eigenvalue weighted by atomic mass is 9.95. The summed E-state index contributed by atoms with van der Waals surface area (Å²) in [5, 5.41) is 0. The zero-order valence-corrected chi connectivity index (χ0v) is 21.0. The number of hydrogen-bond donors (Lipinski definition) is 0. The molecule has 0 aliphatic carbocycles. The summed E-state index contributed by atoms with van der Waals surface area (Å²) >= 11 is 1.30. The van der Waals surface area contributed by atoms with E-state index >= 15 is 0 Å². The van der Waals surface area contributed by atoms with Gasteiger partial charge < -0.3 is 18.3 Å². The summed E-state index contributed by atoms with van der Waals surface area (Å²) in [6.45, 7) is 6.38. The van der Waals surface area contributed by atoms with Crippen LogP contribution in [-0.2, 0) is 31.8 Å². The largest absolute Gasteiger partial charge is 0.486 e. The lowest BCUT2D eigenvalue weighted by Gasteiger charge is -2.14. The second-order valence-corrected chi connectivity index (χ2v) is 10.3. The number of alkyl halides is 3. The molecule has 4 aromatic rings. The van der Waals surface area contributed by atoms with Crippen molar-refractivity contribution in [2.45, 2.75) is 45.5 Å². The number of benzene rings is 1. The van der Waals surface area contributed by atoms with Gasteiger partial charge in [0.1, 0.15) is 18.1 Å². The standard InChI is InChI=1S/C25H25F3N4O3S/c1-24(2,3)21-13-32(12-18-6-5-9-34-18)23(36-21)30-22(33)19-10-16(25(26,27)28)7-8-20(19)35-14-17-11-31(4)15-29-17/h5-11,13,15H,12,14H2,1-4H3/b30-23-. The number of aryl methyl sites for hydroxylation is 1. The predicted molar refractivity (Wildman–Crippen MR) is 128 cm³/mol. The fourth-order valence-electron chi connectivity index (χ4n) is 3.34. The maximum Gasteiger partial charge on any atom is 0.416 e. The Kier molecular flexibility index (Phi) is 6.94. The molecule has 190 valence electrons. The summed E-state index contributed by atoms with van der Waals surface area (Å²) < 4.78 is 54.9. The number of carbonyl (C=O) groups is 1. The number of ether oxygens (including phenoxy) is 1. The molecule has 0 aliphatic rings. The summed E-state index contributed by atoms with van der Waals surface area (Å²) in [6.07, 6.45) is 2.09. The normalized spacial score (nSPS) is 12.8. The van der Waals surface area contributed by atoms with Gasteiger partial charge in [0.05, 0.1) is 36.0 Å². The molecule has 0 atom stereocenters. The molecule has 3 aromatic heterocycles. The Balaban J connectivity index is 1.75. The van der Waals surface area contributed by atoms with Crippen LogP contribution in [0.3, 0.4) is 0 Å². The average Bonchev–Trinajstić information content (AvgIpc) is 3.54. The van der Waals surface area contributed by atoms with E-state index in [0.717, 1.165) is 23.1 Å². The van der Waals surface area contributed by atoms with Gasteiger partial charge in [0.25, 0.3) is 5.91 Å². The number of carbonyl (C=O) groups excluding carboxylic acids is 1. The Morgan fingerprint density at radius 1 is 1.19 bits per heavy atom. The molecule has 4 rings (SSSR count). The summed E-state index contributed by atoms with van der Waals surface area (Å²) in [5.74, 6) is -0.194. The van der Waals surface area contributed by atoms with Crippen LogP contribution in [0.1, 0.15) is 53.0 Å². The lowest BCUT2D eigenvalue weighted by Crippen LogP contribution is -2.17. The van der Waals surface area contributed by atoms with Crippen molar-refractivity contribution in [3.05, 3.63) is 87.6 Å². The average molecular weight is 519 g/mol. The van der Waals surface area contributed by atoms with E-state index in [2.05, 4.69) is 9.98 Å². The molecule has 0 bridgehead atoms. The van der Waals surface area contributed by atoms with Crippen LogP contribution in [0, 0.1) is 0 Å². The maximum absolute atomic E-state index is 13.4. The Morgan fingerprint density at radius 3 is 2.58 bits per heavy atom. The van der Waals surface area contributed by atoms with Crippen molar-refractivity contribution >= 4 is 17.2 Å². The van der Waals surface area contributed by atoms with Crippen LogP contribution in [0.2, 0.25) is 0 Å². The van der Waals surface area contributed by atoms with Gasteiger partial charge in [-0.05, 0) is 35.7 Å². The third-order valence-electron chi connectivity index (χ3n) is 5.23. The Morgan fingerprint density at radius 2 is 1.97 bits per heavy atom. The van der Waals surface area contributed by atoms with Crippen LogP contribution in [0.15, 0.2) is 64.7 Å². The van der Waals surface area contributed by atoms with Gasteiger partial charge in [-0.2, -0.15) is 18.2 Å². The molecule has 3 heterocycles. The second-order valence-electron chi connectivity index (χ2n) is 9.28. The van der Waals surface area contributed by atoms with Crippen molar-refractivity contribution < 1.29 is 27.1 Å². The molecule has 0 N–H and O–H groups in total. The summed E-state index contributed by atoms with van der Waals surface area (Å²) in [6, 6.07) is 6.34. The fourth-order valence-corrected chi connectivity index (χ4v) is 4.38. The summed E-state index contributed by atoms with van der Waals surface area (Å²) in [4.78, 5) is 22.9. The molecular weight excluding hydrogens is 493 g/mol. The van der Waals surface area contributed by atoms with Crippen LogP contribution >= 0.6 is 11.3 Å². The molecule has 7 nitrogen and oxygen atoms in total. The highest BCUT2D eigenvalue weighted by Gasteiger charge is 2.32. The number of imidazole rings is 1. The van der Waals surface area contributed by atoms with Crippen molar-refractivity contribution in [3.8, 4) is 5.75 Å². The highest BCUT2D eigenvalue weighted by atomic mass is 32.1. The third-order valence-corrected chi connectivity index (χ3v) is 6.68. The van der Waals surface area contributed by atoms with Gasteiger partial charge in [0, 0.05) is 24.3 Å². The molecule has 0 spiro atoms. The number of halogens is 3. The molecule has 0 aliphatic heterocycles. The van der Waals surface area contributed by atoms with Crippen LogP contribution < -0.4 is 9.54 Å². The molecular formula is C25H25F3N4O3S. The molecule has 0 saturated carbocycles. The minimum atomic E-state index is -4.63. The third kappa shape index (κ3) is 5.96. The van der Waals surface area contributed by atoms with Crippen molar-refractivity contribution in [1.82, 2.24) is 14.1 Å². The number of amides is 1. The first-order valence-corrected chi connectivity index (χ1v) is 11.8. The molecule has 11 heteroatoms. The summed E-state index contributed by atoms with van der Waals surface area (Å²) in [5.41, 5.74) is -0.899. The van der Waals surface area contributed by atoms with Gasteiger partial charge in [0.2, 0.25) is 0 Å². The van der Waals surface area contributed by atoms with E-state index in [1.165, 1.54) is 11.3 Å². The van der Waals surface area contributed by atoms with E-state index in [1.807, 2.05) is 27.0 Å². The van der Waals surface area contributed by atoms with Crippen molar-refractivity contribution in [1.29, 1.82) is 0 Å². The first-order chi connectivity index (χ1) is 16.9. The minimum absolute atomic E-state index is 0.00686. The number of hydrogen-bond acceptors (Lipinski definition) is 5. The zero-order valence-electron chi connectivity index (χ0n) is 20.2. The highest BCUT2D eigenvalue weighted by molar-refractivity contribution is 7.09. The lowest BCUT2D eigenvalue weighted by molar-refractivity contribution is -0.137.